The molecule has 5 nitrogen and oxygen atoms in total. The molecule has 114 valence electrons. The van der Waals surface area contributed by atoms with Crippen LogP contribution in [0.3, 0.4) is 0 Å². The van der Waals surface area contributed by atoms with Crippen LogP contribution < -0.4 is 10.6 Å². The first-order valence-electron chi connectivity index (χ1n) is 6.81. The van der Waals surface area contributed by atoms with Crippen molar-refractivity contribution >= 4 is 27.8 Å². The molecule has 6 heteroatoms. The van der Waals surface area contributed by atoms with E-state index in [4.69, 9.17) is 4.42 Å². The van der Waals surface area contributed by atoms with E-state index in [2.05, 4.69) is 10.6 Å². The molecule has 0 fully saturated rings. The topological polar surface area (TPSA) is 71.3 Å². The molecule has 1 aromatic heterocycles. The van der Waals surface area contributed by atoms with Crippen LogP contribution in [-0.4, -0.2) is 28.3 Å². The Morgan fingerprint density at radius 1 is 1.29 bits per heavy atom. The lowest BCUT2D eigenvalue weighted by molar-refractivity contribution is 0.234. The van der Waals surface area contributed by atoms with E-state index in [1.165, 1.54) is 0 Å². The molecular formula is C15H20N2O3S. The van der Waals surface area contributed by atoms with Crippen molar-refractivity contribution in [2.24, 2.45) is 0 Å². The summed E-state index contributed by atoms with van der Waals surface area (Å²) in [5.41, 5.74) is 0.802. The SMILES string of the molecule is C[C@H](NC(=O)N[C@@H](C)C[S@@](C)=O)c1cc2ccccc2o1. The van der Waals surface area contributed by atoms with Gasteiger partial charge in [0.15, 0.2) is 0 Å². The van der Waals surface area contributed by atoms with E-state index < -0.39 is 10.8 Å². The van der Waals surface area contributed by atoms with Gasteiger partial charge in [-0.3, -0.25) is 4.21 Å². The molecule has 1 heterocycles. The number of hydrogen-bond acceptors (Lipinski definition) is 3. The molecule has 2 aromatic rings. The highest BCUT2D eigenvalue weighted by Gasteiger charge is 2.15. The Morgan fingerprint density at radius 3 is 2.67 bits per heavy atom. The van der Waals surface area contributed by atoms with Gasteiger partial charge in [-0.1, -0.05) is 18.2 Å². The Hall–Kier alpha value is -1.82. The summed E-state index contributed by atoms with van der Waals surface area (Å²) < 4.78 is 16.8. The molecule has 0 aliphatic carbocycles. The molecule has 2 amide bonds. The molecule has 1 aromatic carbocycles. The smallest absolute Gasteiger partial charge is 0.315 e. The van der Waals surface area contributed by atoms with Gasteiger partial charge in [0.2, 0.25) is 0 Å². The average molecular weight is 308 g/mol. The van der Waals surface area contributed by atoms with Gasteiger partial charge in [0.25, 0.3) is 0 Å². The second-order valence-corrected chi connectivity index (χ2v) is 6.65. The number of fused-ring (bicyclic) bond motifs is 1. The summed E-state index contributed by atoms with van der Waals surface area (Å²) in [6.07, 6.45) is 1.62. The summed E-state index contributed by atoms with van der Waals surface area (Å²) in [7, 11) is -0.932. The molecule has 0 aliphatic heterocycles. The van der Waals surface area contributed by atoms with Crippen LogP contribution in [0.25, 0.3) is 11.0 Å². The number of rotatable bonds is 5. The van der Waals surface area contributed by atoms with Gasteiger partial charge in [-0.05, 0) is 26.0 Å². The van der Waals surface area contributed by atoms with Gasteiger partial charge in [0, 0.05) is 34.2 Å². The van der Waals surface area contributed by atoms with Gasteiger partial charge in [0.05, 0.1) is 6.04 Å². The predicted octanol–water partition coefficient (Wildman–Crippen LogP) is 2.56. The molecule has 0 bridgehead atoms. The molecule has 0 radical (unpaired) electrons. The molecule has 0 unspecified atom stereocenters. The van der Waals surface area contributed by atoms with Crippen LogP contribution >= 0.6 is 0 Å². The van der Waals surface area contributed by atoms with E-state index in [-0.39, 0.29) is 18.1 Å². The largest absolute Gasteiger partial charge is 0.459 e. The highest BCUT2D eigenvalue weighted by Crippen LogP contribution is 2.23. The lowest BCUT2D eigenvalue weighted by Gasteiger charge is -2.16. The Morgan fingerprint density at radius 2 is 2.00 bits per heavy atom. The second kappa shape index (κ2) is 6.76. The molecule has 2 rings (SSSR count). The third-order valence-electron chi connectivity index (χ3n) is 3.08. The van der Waals surface area contributed by atoms with E-state index >= 15 is 0 Å². The van der Waals surface area contributed by atoms with Crippen molar-refractivity contribution in [2.75, 3.05) is 12.0 Å². The Labute approximate surface area is 126 Å². The van der Waals surface area contributed by atoms with Crippen LogP contribution in [0, 0.1) is 0 Å². The van der Waals surface area contributed by atoms with Crippen molar-refractivity contribution in [1.82, 2.24) is 10.6 Å². The van der Waals surface area contributed by atoms with Crippen LogP contribution in [0.2, 0.25) is 0 Å². The molecule has 0 spiro atoms. The summed E-state index contributed by atoms with van der Waals surface area (Å²) in [6, 6.07) is 8.96. The summed E-state index contributed by atoms with van der Waals surface area (Å²) >= 11 is 0. The van der Waals surface area contributed by atoms with Gasteiger partial charge in [0.1, 0.15) is 11.3 Å². The first-order chi connectivity index (χ1) is 9.95. The molecular weight excluding hydrogens is 288 g/mol. The van der Waals surface area contributed by atoms with Gasteiger partial charge in [-0.25, -0.2) is 4.79 Å². The standard InChI is InChI=1S/C15H20N2O3S/c1-10(9-21(3)19)16-15(18)17-11(2)14-8-12-6-4-5-7-13(12)20-14/h4-8,10-11H,9H2,1-3H3,(H2,16,17,18)/t10-,11-,21+/m0/s1. The minimum Gasteiger partial charge on any atom is -0.459 e. The Bertz CT molecular complexity index is 620. The molecule has 0 saturated carbocycles. The van der Waals surface area contributed by atoms with Crippen LogP contribution in [0.4, 0.5) is 4.79 Å². The number of hydrogen-bond donors (Lipinski definition) is 2. The molecule has 3 atom stereocenters. The van der Waals surface area contributed by atoms with Crippen LogP contribution in [-0.2, 0) is 10.8 Å². The highest BCUT2D eigenvalue weighted by atomic mass is 32.2. The number of urea groups is 1. The Kier molecular flexibility index (Phi) is 5.01. The number of para-hydroxylation sites is 1. The molecule has 2 N–H and O–H groups in total. The zero-order valence-corrected chi connectivity index (χ0v) is 13.2. The lowest BCUT2D eigenvalue weighted by Crippen LogP contribution is -2.43. The number of carbonyl (C=O) groups is 1. The maximum atomic E-state index is 11.9. The highest BCUT2D eigenvalue weighted by molar-refractivity contribution is 7.84. The maximum absolute atomic E-state index is 11.9. The quantitative estimate of drug-likeness (QED) is 0.891. The third kappa shape index (κ3) is 4.32. The fourth-order valence-electron chi connectivity index (χ4n) is 2.14. The second-order valence-electron chi connectivity index (χ2n) is 5.17. The normalized spacial score (nSPS) is 15.4. The first kappa shape index (κ1) is 15.6. The van der Waals surface area contributed by atoms with Gasteiger partial charge < -0.3 is 15.1 Å². The minimum absolute atomic E-state index is 0.140. The summed E-state index contributed by atoms with van der Waals surface area (Å²) in [5, 5.41) is 6.59. The van der Waals surface area contributed by atoms with Crippen molar-refractivity contribution < 1.29 is 13.4 Å². The van der Waals surface area contributed by atoms with Crippen molar-refractivity contribution in [2.45, 2.75) is 25.9 Å². The number of carbonyl (C=O) groups excluding carboxylic acids is 1. The summed E-state index contributed by atoms with van der Waals surface area (Å²) in [6.45, 7) is 3.69. The van der Waals surface area contributed by atoms with Crippen molar-refractivity contribution in [3.63, 3.8) is 0 Å². The molecule has 21 heavy (non-hydrogen) atoms. The third-order valence-corrected chi connectivity index (χ3v) is 4.05. The number of furan rings is 1. The van der Waals surface area contributed by atoms with E-state index in [0.29, 0.717) is 11.5 Å². The van der Waals surface area contributed by atoms with E-state index in [0.717, 1.165) is 11.0 Å². The summed E-state index contributed by atoms with van der Waals surface area (Å²) in [4.78, 5) is 11.9. The van der Waals surface area contributed by atoms with E-state index in [1.807, 2.05) is 44.2 Å². The fraction of sp³-hybridized carbons (Fsp3) is 0.400. The molecule has 0 saturated heterocycles. The summed E-state index contributed by atoms with van der Waals surface area (Å²) in [5.74, 6) is 1.14. The van der Waals surface area contributed by atoms with Crippen molar-refractivity contribution in [3.8, 4) is 0 Å². The molecule has 0 aliphatic rings. The van der Waals surface area contributed by atoms with Crippen molar-refractivity contribution in [3.05, 3.63) is 36.1 Å². The van der Waals surface area contributed by atoms with Gasteiger partial charge in [-0.15, -0.1) is 0 Å². The fourth-order valence-corrected chi connectivity index (χ4v) is 2.93. The minimum atomic E-state index is -0.932. The van der Waals surface area contributed by atoms with Gasteiger partial charge in [-0.2, -0.15) is 0 Å². The van der Waals surface area contributed by atoms with E-state index in [9.17, 15) is 9.00 Å². The van der Waals surface area contributed by atoms with Crippen LogP contribution in [0.1, 0.15) is 25.6 Å². The average Bonchev–Trinajstić information content (AvgIpc) is 2.80. The van der Waals surface area contributed by atoms with Gasteiger partial charge >= 0.3 is 6.03 Å². The lowest BCUT2D eigenvalue weighted by atomic mass is 10.2. The van der Waals surface area contributed by atoms with E-state index in [1.54, 1.807) is 6.26 Å². The monoisotopic (exact) mass is 308 g/mol. The predicted molar refractivity (Wildman–Crippen MR) is 84.7 cm³/mol. The zero-order chi connectivity index (χ0) is 15.4. The maximum Gasteiger partial charge on any atom is 0.315 e. The number of benzene rings is 1. The Balaban J connectivity index is 1.95. The number of nitrogens with one attached hydrogen (secondary N) is 2. The van der Waals surface area contributed by atoms with Crippen LogP contribution in [0.15, 0.2) is 34.7 Å². The number of amides is 2. The zero-order valence-electron chi connectivity index (χ0n) is 12.4. The van der Waals surface area contributed by atoms with Crippen molar-refractivity contribution in [1.29, 1.82) is 0 Å². The van der Waals surface area contributed by atoms with Crippen LogP contribution in [0.5, 0.6) is 0 Å². The first-order valence-corrected chi connectivity index (χ1v) is 8.54.